The zero-order chi connectivity index (χ0) is 18.5. The zero-order valence-corrected chi connectivity index (χ0v) is 16.7. The molecule has 1 aliphatic rings. The molecule has 1 aliphatic heterocycles. The van der Waals surface area contributed by atoms with E-state index in [0.717, 1.165) is 37.5 Å². The van der Waals surface area contributed by atoms with Gasteiger partial charge in [0.1, 0.15) is 5.75 Å². The molecule has 0 aliphatic carbocycles. The van der Waals surface area contributed by atoms with Crippen LogP contribution < -0.4 is 10.1 Å². The van der Waals surface area contributed by atoms with E-state index >= 15 is 0 Å². The molecule has 0 saturated carbocycles. The van der Waals surface area contributed by atoms with E-state index < -0.39 is 0 Å². The summed E-state index contributed by atoms with van der Waals surface area (Å²) in [7, 11) is 3.80. The Morgan fingerprint density at radius 2 is 1.88 bits per heavy atom. The molecule has 0 spiro atoms. The Kier molecular flexibility index (Phi) is 6.34. The van der Waals surface area contributed by atoms with Crippen molar-refractivity contribution in [1.29, 1.82) is 0 Å². The van der Waals surface area contributed by atoms with Crippen molar-refractivity contribution in [3.8, 4) is 5.75 Å². The number of ether oxygens (including phenoxy) is 1. The van der Waals surface area contributed by atoms with Gasteiger partial charge in [0.25, 0.3) is 5.91 Å². The maximum absolute atomic E-state index is 12.4. The molecule has 1 amide bonds. The van der Waals surface area contributed by atoms with E-state index in [9.17, 15) is 4.79 Å². The molecule has 2 aromatic rings. The molecule has 1 saturated heterocycles. The Morgan fingerprint density at radius 3 is 2.46 bits per heavy atom. The predicted octanol–water partition coefficient (Wildman–Crippen LogP) is 2.77. The Bertz CT molecular complexity index is 724. The Morgan fingerprint density at radius 1 is 1.19 bits per heavy atom. The molecule has 140 valence electrons. The van der Waals surface area contributed by atoms with Crippen LogP contribution in [0.1, 0.15) is 22.2 Å². The number of furan rings is 1. The van der Waals surface area contributed by atoms with E-state index in [0.29, 0.717) is 17.0 Å². The van der Waals surface area contributed by atoms with Crippen LogP contribution in [0.15, 0.2) is 45.5 Å². The van der Waals surface area contributed by atoms with Crippen LogP contribution >= 0.6 is 15.9 Å². The summed E-state index contributed by atoms with van der Waals surface area (Å²) in [6, 6.07) is 11.5. The van der Waals surface area contributed by atoms with Crippen molar-refractivity contribution in [3.63, 3.8) is 0 Å². The van der Waals surface area contributed by atoms with Gasteiger partial charge in [0.15, 0.2) is 10.4 Å². The molecule has 1 atom stereocenters. The van der Waals surface area contributed by atoms with Crippen molar-refractivity contribution >= 4 is 21.8 Å². The fourth-order valence-corrected chi connectivity index (χ4v) is 3.44. The number of hydrogen-bond acceptors (Lipinski definition) is 5. The third-order valence-electron chi connectivity index (χ3n) is 4.73. The molecule has 1 aromatic carbocycles. The van der Waals surface area contributed by atoms with Crippen molar-refractivity contribution < 1.29 is 13.9 Å². The van der Waals surface area contributed by atoms with Gasteiger partial charge in [0.05, 0.1) is 13.2 Å². The van der Waals surface area contributed by atoms with Crippen molar-refractivity contribution in [2.75, 3.05) is 46.9 Å². The van der Waals surface area contributed by atoms with E-state index in [1.807, 2.05) is 12.1 Å². The molecule has 26 heavy (non-hydrogen) atoms. The molecule has 1 fully saturated rings. The molecule has 0 radical (unpaired) electrons. The number of carbonyl (C=O) groups excluding carboxylic acids is 1. The molecular formula is C19H24BrN3O3. The SMILES string of the molecule is COc1ccc([C@@H](CNC(=O)c2ccc(Br)o2)N2CCN(C)CC2)cc1. The first-order chi connectivity index (χ1) is 12.6. The smallest absolute Gasteiger partial charge is 0.287 e. The monoisotopic (exact) mass is 421 g/mol. The van der Waals surface area contributed by atoms with Crippen LogP contribution in [0.2, 0.25) is 0 Å². The Hall–Kier alpha value is -1.83. The number of amides is 1. The van der Waals surface area contributed by atoms with E-state index in [-0.39, 0.29) is 11.9 Å². The quantitative estimate of drug-likeness (QED) is 0.776. The van der Waals surface area contributed by atoms with Crippen molar-refractivity contribution in [3.05, 3.63) is 52.4 Å². The molecule has 3 rings (SSSR count). The number of likely N-dealkylation sites (N-methyl/N-ethyl adjacent to an activating group) is 1. The van der Waals surface area contributed by atoms with Gasteiger partial charge in [-0.3, -0.25) is 9.69 Å². The highest BCUT2D eigenvalue weighted by atomic mass is 79.9. The number of rotatable bonds is 6. The Labute approximate surface area is 162 Å². The van der Waals surface area contributed by atoms with E-state index in [4.69, 9.17) is 9.15 Å². The van der Waals surface area contributed by atoms with Crippen LogP contribution in [0.25, 0.3) is 0 Å². The Balaban J connectivity index is 1.72. The lowest BCUT2D eigenvalue weighted by Gasteiger charge is -2.38. The van der Waals surface area contributed by atoms with Crippen molar-refractivity contribution in [1.82, 2.24) is 15.1 Å². The molecule has 6 nitrogen and oxygen atoms in total. The highest BCUT2D eigenvalue weighted by molar-refractivity contribution is 9.10. The first-order valence-electron chi connectivity index (χ1n) is 8.67. The molecule has 0 bridgehead atoms. The lowest BCUT2D eigenvalue weighted by molar-refractivity contribution is 0.0862. The molecule has 1 N–H and O–H groups in total. The summed E-state index contributed by atoms with van der Waals surface area (Å²) < 4.78 is 11.2. The highest BCUT2D eigenvalue weighted by Crippen LogP contribution is 2.24. The standard InChI is InChI=1S/C19H24BrN3O3/c1-22-9-11-23(12-10-22)16(14-3-5-15(25-2)6-4-14)13-21-19(24)17-7-8-18(20)26-17/h3-8,16H,9-13H2,1-2H3,(H,21,24)/t16-/m1/s1. The first-order valence-corrected chi connectivity index (χ1v) is 9.46. The van der Waals surface area contributed by atoms with Gasteiger partial charge in [-0.1, -0.05) is 12.1 Å². The van der Waals surface area contributed by atoms with E-state index in [1.54, 1.807) is 19.2 Å². The summed E-state index contributed by atoms with van der Waals surface area (Å²) in [6.07, 6.45) is 0. The molecule has 2 heterocycles. The summed E-state index contributed by atoms with van der Waals surface area (Å²) in [5, 5.41) is 3.01. The summed E-state index contributed by atoms with van der Waals surface area (Å²) in [4.78, 5) is 17.1. The zero-order valence-electron chi connectivity index (χ0n) is 15.1. The van der Waals surface area contributed by atoms with Gasteiger partial charge < -0.3 is 19.4 Å². The van der Waals surface area contributed by atoms with Crippen LogP contribution in [-0.4, -0.2) is 62.6 Å². The predicted molar refractivity (Wildman–Crippen MR) is 104 cm³/mol. The molecule has 1 aromatic heterocycles. The number of hydrogen-bond donors (Lipinski definition) is 1. The second-order valence-electron chi connectivity index (χ2n) is 6.44. The minimum atomic E-state index is -0.205. The summed E-state index contributed by atoms with van der Waals surface area (Å²) in [6.45, 7) is 4.50. The number of nitrogens with zero attached hydrogens (tertiary/aromatic N) is 2. The van der Waals surface area contributed by atoms with Crippen molar-refractivity contribution in [2.45, 2.75) is 6.04 Å². The number of benzene rings is 1. The minimum absolute atomic E-state index is 0.108. The number of methoxy groups -OCH3 is 1. The van der Waals surface area contributed by atoms with Gasteiger partial charge in [-0.15, -0.1) is 0 Å². The maximum atomic E-state index is 12.4. The molecular weight excluding hydrogens is 398 g/mol. The van der Waals surface area contributed by atoms with Crippen LogP contribution in [-0.2, 0) is 0 Å². The highest BCUT2D eigenvalue weighted by Gasteiger charge is 2.25. The van der Waals surface area contributed by atoms with Gasteiger partial charge in [-0.05, 0) is 52.8 Å². The van der Waals surface area contributed by atoms with E-state index in [2.05, 4.69) is 50.2 Å². The maximum Gasteiger partial charge on any atom is 0.287 e. The number of piperazine rings is 1. The van der Waals surface area contributed by atoms with Gasteiger partial charge >= 0.3 is 0 Å². The first kappa shape index (κ1) is 18.9. The number of nitrogens with one attached hydrogen (secondary N) is 1. The average molecular weight is 422 g/mol. The molecule has 7 heteroatoms. The van der Waals surface area contributed by atoms with Crippen LogP contribution in [0, 0.1) is 0 Å². The second kappa shape index (κ2) is 8.70. The fourth-order valence-electron chi connectivity index (χ4n) is 3.13. The lowest BCUT2D eigenvalue weighted by atomic mass is 10.0. The number of halogens is 1. The van der Waals surface area contributed by atoms with Gasteiger partial charge in [0.2, 0.25) is 0 Å². The summed E-state index contributed by atoms with van der Waals surface area (Å²) >= 11 is 3.23. The van der Waals surface area contributed by atoms with Crippen LogP contribution in [0.3, 0.4) is 0 Å². The largest absolute Gasteiger partial charge is 0.497 e. The average Bonchev–Trinajstić information content (AvgIpc) is 3.10. The summed E-state index contributed by atoms with van der Waals surface area (Å²) in [5.74, 6) is 0.933. The van der Waals surface area contributed by atoms with Gasteiger partial charge in [-0.2, -0.15) is 0 Å². The fraction of sp³-hybridized carbons (Fsp3) is 0.421. The van der Waals surface area contributed by atoms with E-state index in [1.165, 1.54) is 0 Å². The van der Waals surface area contributed by atoms with Crippen molar-refractivity contribution in [2.24, 2.45) is 0 Å². The summed E-state index contributed by atoms with van der Waals surface area (Å²) in [5.41, 5.74) is 1.16. The third kappa shape index (κ3) is 4.66. The second-order valence-corrected chi connectivity index (χ2v) is 7.22. The minimum Gasteiger partial charge on any atom is -0.497 e. The molecule has 0 unspecified atom stereocenters. The topological polar surface area (TPSA) is 58.0 Å². The lowest BCUT2D eigenvalue weighted by Crippen LogP contribution is -2.48. The van der Waals surface area contributed by atoms with Gasteiger partial charge in [-0.25, -0.2) is 0 Å². The van der Waals surface area contributed by atoms with Crippen LogP contribution in [0.4, 0.5) is 0 Å². The normalized spacial score (nSPS) is 17.0. The van der Waals surface area contributed by atoms with Gasteiger partial charge in [0, 0.05) is 32.7 Å². The third-order valence-corrected chi connectivity index (χ3v) is 5.16. The number of carbonyl (C=O) groups is 1. The van der Waals surface area contributed by atoms with Crippen LogP contribution in [0.5, 0.6) is 5.75 Å².